The zero-order valence-electron chi connectivity index (χ0n) is 13.2. The maximum atomic E-state index is 6.86. The maximum Gasteiger partial charge on any atom is 0.0677 e. The Morgan fingerprint density at radius 2 is 2.00 bits per heavy atom. The van der Waals surface area contributed by atoms with Crippen LogP contribution in [-0.4, -0.2) is 26.2 Å². The topological polar surface area (TPSA) is 15.3 Å². The Morgan fingerprint density at radius 1 is 1.14 bits per heavy atom. The number of rotatable bonds is 4. The van der Waals surface area contributed by atoms with E-state index >= 15 is 0 Å². The van der Waals surface area contributed by atoms with Gasteiger partial charge < -0.3 is 10.2 Å². The van der Waals surface area contributed by atoms with Crippen LogP contribution in [0.5, 0.6) is 0 Å². The molecule has 2 aliphatic rings. The van der Waals surface area contributed by atoms with E-state index in [-0.39, 0.29) is 0 Å². The van der Waals surface area contributed by atoms with Gasteiger partial charge >= 0.3 is 0 Å². The lowest BCUT2D eigenvalue weighted by Crippen LogP contribution is -2.31. The third kappa shape index (κ3) is 3.22. The van der Waals surface area contributed by atoms with Crippen molar-refractivity contribution in [3.63, 3.8) is 0 Å². The molecule has 0 radical (unpaired) electrons. The highest BCUT2D eigenvalue weighted by Gasteiger charge is 2.24. The van der Waals surface area contributed by atoms with Gasteiger partial charge in [-0.3, -0.25) is 0 Å². The molecule has 3 heteroatoms. The van der Waals surface area contributed by atoms with Crippen LogP contribution in [0, 0.1) is 0 Å². The molecular formula is C18H27ClN2. The lowest BCUT2D eigenvalue weighted by atomic mass is 9.93. The van der Waals surface area contributed by atoms with E-state index in [0.717, 1.165) is 37.5 Å². The SMILES string of the molecule is CCCCCN1CCCc2cc3c(c(Cl)c21)CCNCC3. The van der Waals surface area contributed by atoms with Gasteiger partial charge in [-0.2, -0.15) is 0 Å². The van der Waals surface area contributed by atoms with E-state index in [1.54, 1.807) is 0 Å². The molecule has 0 bridgehead atoms. The van der Waals surface area contributed by atoms with Gasteiger partial charge in [-0.1, -0.05) is 37.4 Å². The van der Waals surface area contributed by atoms with Crippen molar-refractivity contribution in [3.05, 3.63) is 27.8 Å². The van der Waals surface area contributed by atoms with Gasteiger partial charge in [0.1, 0.15) is 0 Å². The minimum absolute atomic E-state index is 1.06. The second kappa shape index (κ2) is 7.02. The van der Waals surface area contributed by atoms with E-state index in [2.05, 4.69) is 23.2 Å². The molecule has 2 heterocycles. The van der Waals surface area contributed by atoms with Crippen LogP contribution < -0.4 is 10.2 Å². The van der Waals surface area contributed by atoms with Crippen LogP contribution in [0.1, 0.15) is 49.3 Å². The van der Waals surface area contributed by atoms with Gasteiger partial charge in [0.2, 0.25) is 0 Å². The normalized spacial score (nSPS) is 18.1. The molecule has 0 aromatic heterocycles. The number of nitrogens with one attached hydrogen (secondary N) is 1. The maximum absolute atomic E-state index is 6.86. The van der Waals surface area contributed by atoms with Crippen LogP contribution in [-0.2, 0) is 19.3 Å². The summed E-state index contributed by atoms with van der Waals surface area (Å²) in [7, 11) is 0. The molecule has 1 aromatic rings. The van der Waals surface area contributed by atoms with Crippen molar-refractivity contribution in [1.82, 2.24) is 5.32 Å². The van der Waals surface area contributed by atoms with Crippen molar-refractivity contribution >= 4 is 17.3 Å². The third-order valence-corrected chi connectivity index (χ3v) is 5.27. The van der Waals surface area contributed by atoms with Crippen LogP contribution in [0.25, 0.3) is 0 Å². The van der Waals surface area contributed by atoms with Crippen molar-refractivity contribution in [2.24, 2.45) is 0 Å². The molecule has 1 aromatic carbocycles. The van der Waals surface area contributed by atoms with Crippen molar-refractivity contribution in [1.29, 1.82) is 0 Å². The average Bonchev–Trinajstić information content (AvgIpc) is 2.73. The van der Waals surface area contributed by atoms with E-state index < -0.39 is 0 Å². The summed E-state index contributed by atoms with van der Waals surface area (Å²) in [6, 6.07) is 2.45. The Labute approximate surface area is 133 Å². The lowest BCUT2D eigenvalue weighted by Gasteiger charge is -2.33. The predicted molar refractivity (Wildman–Crippen MR) is 91.8 cm³/mol. The molecule has 0 spiro atoms. The molecule has 0 atom stereocenters. The molecule has 0 saturated heterocycles. The summed E-state index contributed by atoms with van der Waals surface area (Å²) >= 11 is 6.86. The zero-order valence-corrected chi connectivity index (χ0v) is 13.9. The molecule has 2 aliphatic heterocycles. The number of anilines is 1. The van der Waals surface area contributed by atoms with Crippen molar-refractivity contribution < 1.29 is 0 Å². The monoisotopic (exact) mass is 306 g/mol. The molecule has 2 nitrogen and oxygen atoms in total. The number of aryl methyl sites for hydroxylation is 1. The van der Waals surface area contributed by atoms with Gasteiger partial charge in [-0.05, 0) is 61.9 Å². The number of halogens is 1. The summed E-state index contributed by atoms with van der Waals surface area (Å²) < 4.78 is 0. The summed E-state index contributed by atoms with van der Waals surface area (Å²) in [5.74, 6) is 0. The van der Waals surface area contributed by atoms with Gasteiger partial charge in [0, 0.05) is 13.1 Å². The van der Waals surface area contributed by atoms with Crippen LogP contribution in [0.2, 0.25) is 5.02 Å². The molecule has 0 amide bonds. The molecule has 3 rings (SSSR count). The summed E-state index contributed by atoms with van der Waals surface area (Å²) in [5.41, 5.74) is 5.74. The van der Waals surface area contributed by atoms with Crippen LogP contribution in [0.3, 0.4) is 0 Å². The molecule has 0 saturated carbocycles. The number of benzene rings is 1. The number of hydrogen-bond donors (Lipinski definition) is 1. The van der Waals surface area contributed by atoms with E-state index in [1.165, 1.54) is 61.0 Å². The van der Waals surface area contributed by atoms with E-state index in [1.807, 2.05) is 0 Å². The summed E-state index contributed by atoms with van der Waals surface area (Å²) in [6.45, 7) is 6.75. The first-order chi connectivity index (χ1) is 10.3. The molecule has 0 fully saturated rings. The van der Waals surface area contributed by atoms with Crippen molar-refractivity contribution in [2.45, 2.75) is 51.9 Å². The number of nitrogens with zero attached hydrogens (tertiary/aromatic N) is 1. The van der Waals surface area contributed by atoms with E-state index in [0.29, 0.717) is 0 Å². The fourth-order valence-corrected chi connectivity index (χ4v) is 4.18. The Hall–Kier alpha value is -0.730. The van der Waals surface area contributed by atoms with Gasteiger partial charge in [-0.15, -0.1) is 0 Å². The van der Waals surface area contributed by atoms with E-state index in [9.17, 15) is 0 Å². The van der Waals surface area contributed by atoms with Gasteiger partial charge in [0.15, 0.2) is 0 Å². The first-order valence-electron chi connectivity index (χ1n) is 8.60. The number of hydrogen-bond acceptors (Lipinski definition) is 2. The summed E-state index contributed by atoms with van der Waals surface area (Å²) in [6.07, 6.45) is 8.54. The Kier molecular flexibility index (Phi) is 5.07. The highest BCUT2D eigenvalue weighted by Crippen LogP contribution is 2.39. The highest BCUT2D eigenvalue weighted by atomic mass is 35.5. The van der Waals surface area contributed by atoms with E-state index in [4.69, 9.17) is 11.6 Å². The lowest BCUT2D eigenvalue weighted by molar-refractivity contribution is 0.637. The highest BCUT2D eigenvalue weighted by molar-refractivity contribution is 6.34. The fraction of sp³-hybridized carbons (Fsp3) is 0.667. The number of fused-ring (bicyclic) bond motifs is 2. The van der Waals surface area contributed by atoms with Gasteiger partial charge in [0.25, 0.3) is 0 Å². The summed E-state index contributed by atoms with van der Waals surface area (Å²) in [4.78, 5) is 2.55. The first kappa shape index (κ1) is 15.2. The predicted octanol–water partition coefficient (Wildman–Crippen LogP) is 3.97. The first-order valence-corrected chi connectivity index (χ1v) is 8.98. The average molecular weight is 307 g/mol. The van der Waals surface area contributed by atoms with Gasteiger partial charge in [-0.25, -0.2) is 0 Å². The van der Waals surface area contributed by atoms with Crippen molar-refractivity contribution in [3.8, 4) is 0 Å². The Balaban J connectivity index is 1.92. The Morgan fingerprint density at radius 3 is 2.86 bits per heavy atom. The molecule has 1 N–H and O–H groups in total. The van der Waals surface area contributed by atoms with Crippen LogP contribution in [0.15, 0.2) is 6.07 Å². The number of unbranched alkanes of at least 4 members (excludes halogenated alkanes) is 2. The molecule has 21 heavy (non-hydrogen) atoms. The zero-order chi connectivity index (χ0) is 14.7. The smallest absolute Gasteiger partial charge is 0.0677 e. The largest absolute Gasteiger partial charge is 0.370 e. The Bertz CT molecular complexity index is 498. The minimum atomic E-state index is 1.06. The van der Waals surface area contributed by atoms with Crippen molar-refractivity contribution in [2.75, 3.05) is 31.1 Å². The fourth-order valence-electron chi connectivity index (χ4n) is 3.73. The molecule has 0 unspecified atom stereocenters. The summed E-state index contributed by atoms with van der Waals surface area (Å²) in [5, 5.41) is 4.55. The molecule has 0 aliphatic carbocycles. The quantitative estimate of drug-likeness (QED) is 0.847. The van der Waals surface area contributed by atoms with Crippen LogP contribution in [0.4, 0.5) is 5.69 Å². The minimum Gasteiger partial charge on any atom is -0.370 e. The van der Waals surface area contributed by atoms with Gasteiger partial charge in [0.05, 0.1) is 10.7 Å². The standard InChI is InChI=1S/C18H27ClN2/c1-2-3-4-11-21-12-5-6-15-13-14-7-9-20-10-8-16(14)17(19)18(15)21/h13,20H,2-12H2,1H3. The third-order valence-electron chi connectivity index (χ3n) is 4.86. The second-order valence-corrected chi connectivity index (χ2v) is 6.76. The molecule has 116 valence electrons. The van der Waals surface area contributed by atoms with Crippen LogP contribution >= 0.6 is 11.6 Å². The second-order valence-electron chi connectivity index (χ2n) is 6.38. The molecular weight excluding hydrogens is 280 g/mol.